The highest BCUT2D eigenvalue weighted by Gasteiger charge is 2.20. The number of halogens is 1. The van der Waals surface area contributed by atoms with Crippen LogP contribution >= 0.6 is 11.6 Å². The van der Waals surface area contributed by atoms with E-state index in [1.807, 2.05) is 25.1 Å². The van der Waals surface area contributed by atoms with Crippen molar-refractivity contribution < 1.29 is 9.21 Å². The molecule has 21 heavy (non-hydrogen) atoms. The summed E-state index contributed by atoms with van der Waals surface area (Å²) in [5.74, 6) is 0.854. The van der Waals surface area contributed by atoms with Crippen molar-refractivity contribution in [1.29, 1.82) is 0 Å². The molecule has 1 aromatic carbocycles. The third-order valence-corrected chi connectivity index (χ3v) is 3.88. The van der Waals surface area contributed by atoms with Gasteiger partial charge in [0.15, 0.2) is 5.76 Å². The number of fused-ring (bicyclic) bond motifs is 1. The van der Waals surface area contributed by atoms with Crippen LogP contribution in [0.1, 0.15) is 42.8 Å². The number of benzene rings is 1. The van der Waals surface area contributed by atoms with Gasteiger partial charge in [0.25, 0.3) is 5.91 Å². The number of hydrogen-bond acceptors (Lipinski definition) is 2. The van der Waals surface area contributed by atoms with E-state index in [9.17, 15) is 4.79 Å². The molecule has 2 rings (SSSR count). The van der Waals surface area contributed by atoms with E-state index in [2.05, 4.69) is 19.2 Å². The molecule has 0 radical (unpaired) electrons. The molecule has 0 saturated heterocycles. The van der Waals surface area contributed by atoms with Crippen molar-refractivity contribution in [2.45, 2.75) is 33.6 Å². The summed E-state index contributed by atoms with van der Waals surface area (Å²) < 4.78 is 5.60. The SMILES string of the molecule is Cc1ccc2oc(C(=O)NCC(C)(C)CCCCl)cc2c1. The van der Waals surface area contributed by atoms with Crippen LogP contribution in [0.4, 0.5) is 0 Å². The Kier molecular flexibility index (Phi) is 4.94. The molecule has 3 nitrogen and oxygen atoms in total. The summed E-state index contributed by atoms with van der Waals surface area (Å²) in [4.78, 5) is 12.2. The van der Waals surface area contributed by atoms with E-state index in [0.29, 0.717) is 18.2 Å². The summed E-state index contributed by atoms with van der Waals surface area (Å²) in [5.41, 5.74) is 1.93. The molecule has 0 aliphatic carbocycles. The Hall–Kier alpha value is -1.48. The number of carbonyl (C=O) groups is 1. The molecular weight excluding hydrogens is 286 g/mol. The second-order valence-corrected chi connectivity index (χ2v) is 6.67. The summed E-state index contributed by atoms with van der Waals surface area (Å²) in [7, 11) is 0. The maximum Gasteiger partial charge on any atom is 0.287 e. The van der Waals surface area contributed by atoms with Crippen LogP contribution in [0.5, 0.6) is 0 Å². The first-order chi connectivity index (χ1) is 9.91. The molecule has 2 aromatic rings. The molecule has 0 saturated carbocycles. The smallest absolute Gasteiger partial charge is 0.287 e. The van der Waals surface area contributed by atoms with E-state index in [4.69, 9.17) is 16.0 Å². The minimum Gasteiger partial charge on any atom is -0.451 e. The van der Waals surface area contributed by atoms with Crippen molar-refractivity contribution in [2.75, 3.05) is 12.4 Å². The minimum atomic E-state index is -0.164. The predicted molar refractivity (Wildman–Crippen MR) is 87.0 cm³/mol. The normalized spacial score (nSPS) is 11.8. The van der Waals surface area contributed by atoms with Gasteiger partial charge >= 0.3 is 0 Å². The van der Waals surface area contributed by atoms with Gasteiger partial charge in [-0.15, -0.1) is 11.6 Å². The number of furan rings is 1. The first-order valence-electron chi connectivity index (χ1n) is 7.26. The fraction of sp³-hybridized carbons (Fsp3) is 0.471. The van der Waals surface area contributed by atoms with E-state index in [1.54, 1.807) is 6.07 Å². The Morgan fingerprint density at radius 2 is 2.10 bits per heavy atom. The van der Waals surface area contributed by atoms with Gasteiger partial charge in [-0.1, -0.05) is 25.5 Å². The lowest BCUT2D eigenvalue weighted by molar-refractivity contribution is 0.0909. The van der Waals surface area contributed by atoms with Gasteiger partial charge in [0, 0.05) is 17.8 Å². The average Bonchev–Trinajstić information content (AvgIpc) is 2.85. The van der Waals surface area contributed by atoms with Crippen molar-refractivity contribution in [3.8, 4) is 0 Å². The standard InChI is InChI=1S/C17H22ClNO2/c1-12-5-6-14-13(9-12)10-15(21-14)16(20)19-11-17(2,3)7-4-8-18/h5-6,9-10H,4,7-8,11H2,1-3H3,(H,19,20). The number of amides is 1. The zero-order chi connectivity index (χ0) is 15.5. The second kappa shape index (κ2) is 6.52. The van der Waals surface area contributed by atoms with Gasteiger partial charge in [-0.3, -0.25) is 4.79 Å². The quantitative estimate of drug-likeness (QED) is 0.797. The van der Waals surface area contributed by atoms with Crippen molar-refractivity contribution in [2.24, 2.45) is 5.41 Å². The summed E-state index contributed by atoms with van der Waals surface area (Å²) in [5, 5.41) is 3.91. The lowest BCUT2D eigenvalue weighted by atomic mass is 9.88. The third-order valence-electron chi connectivity index (χ3n) is 3.61. The number of carbonyl (C=O) groups excluding carboxylic acids is 1. The van der Waals surface area contributed by atoms with Crippen LogP contribution in [0.2, 0.25) is 0 Å². The van der Waals surface area contributed by atoms with Gasteiger partial charge in [-0.2, -0.15) is 0 Å². The lowest BCUT2D eigenvalue weighted by Gasteiger charge is -2.24. The Labute approximate surface area is 130 Å². The fourth-order valence-electron chi connectivity index (χ4n) is 2.32. The van der Waals surface area contributed by atoms with Gasteiger partial charge in [0.05, 0.1) is 0 Å². The largest absolute Gasteiger partial charge is 0.451 e. The van der Waals surface area contributed by atoms with Crippen LogP contribution < -0.4 is 5.32 Å². The predicted octanol–water partition coefficient (Wildman–Crippen LogP) is 4.52. The van der Waals surface area contributed by atoms with E-state index >= 15 is 0 Å². The molecule has 1 heterocycles. The number of nitrogens with one attached hydrogen (secondary N) is 1. The molecule has 0 unspecified atom stereocenters. The number of rotatable bonds is 6. The summed E-state index contributed by atoms with van der Waals surface area (Å²) in [6.07, 6.45) is 1.93. The first kappa shape index (κ1) is 15.9. The van der Waals surface area contributed by atoms with Crippen molar-refractivity contribution >= 4 is 28.5 Å². The lowest BCUT2D eigenvalue weighted by Crippen LogP contribution is -2.33. The Morgan fingerprint density at radius 1 is 1.33 bits per heavy atom. The summed E-state index contributed by atoms with van der Waals surface area (Å²) >= 11 is 5.72. The average molecular weight is 308 g/mol. The third kappa shape index (κ3) is 4.24. The van der Waals surface area contributed by atoms with E-state index in [-0.39, 0.29) is 11.3 Å². The van der Waals surface area contributed by atoms with E-state index in [0.717, 1.165) is 29.4 Å². The summed E-state index contributed by atoms with van der Waals surface area (Å²) in [6.45, 7) is 6.88. The molecule has 0 aliphatic rings. The van der Waals surface area contributed by atoms with Crippen LogP contribution in [-0.2, 0) is 0 Å². The zero-order valence-corrected chi connectivity index (χ0v) is 13.6. The van der Waals surface area contributed by atoms with Crippen molar-refractivity contribution in [3.05, 3.63) is 35.6 Å². The number of aryl methyl sites for hydroxylation is 1. The number of hydrogen-bond donors (Lipinski definition) is 1. The topological polar surface area (TPSA) is 42.2 Å². The van der Waals surface area contributed by atoms with Gasteiger partial charge in [-0.25, -0.2) is 0 Å². The molecule has 0 fully saturated rings. The maximum atomic E-state index is 12.2. The molecule has 1 amide bonds. The second-order valence-electron chi connectivity index (χ2n) is 6.29. The van der Waals surface area contributed by atoms with Crippen LogP contribution in [0.15, 0.2) is 28.7 Å². The van der Waals surface area contributed by atoms with E-state index < -0.39 is 0 Å². The van der Waals surface area contributed by atoms with Crippen LogP contribution in [0, 0.1) is 12.3 Å². The zero-order valence-electron chi connectivity index (χ0n) is 12.8. The van der Waals surface area contributed by atoms with Crippen molar-refractivity contribution in [3.63, 3.8) is 0 Å². The summed E-state index contributed by atoms with van der Waals surface area (Å²) in [6, 6.07) is 7.68. The van der Waals surface area contributed by atoms with Crippen molar-refractivity contribution in [1.82, 2.24) is 5.32 Å². The molecule has 114 valence electrons. The molecular formula is C17H22ClNO2. The molecule has 4 heteroatoms. The van der Waals surface area contributed by atoms with Gasteiger partial charge < -0.3 is 9.73 Å². The molecule has 1 aromatic heterocycles. The molecule has 0 spiro atoms. The highest BCUT2D eigenvalue weighted by atomic mass is 35.5. The highest BCUT2D eigenvalue weighted by Crippen LogP contribution is 2.23. The Morgan fingerprint density at radius 3 is 2.81 bits per heavy atom. The molecule has 0 aliphatic heterocycles. The molecule has 0 bridgehead atoms. The minimum absolute atomic E-state index is 0.0349. The first-order valence-corrected chi connectivity index (χ1v) is 7.79. The fourth-order valence-corrected chi connectivity index (χ4v) is 2.45. The van der Waals surface area contributed by atoms with Gasteiger partial charge in [0.1, 0.15) is 5.58 Å². The number of alkyl halides is 1. The van der Waals surface area contributed by atoms with Crippen LogP contribution in [-0.4, -0.2) is 18.3 Å². The molecule has 1 N–H and O–H groups in total. The van der Waals surface area contributed by atoms with Gasteiger partial charge in [0.2, 0.25) is 0 Å². The van der Waals surface area contributed by atoms with Crippen LogP contribution in [0.3, 0.4) is 0 Å². The Balaban J connectivity index is 2.02. The maximum absolute atomic E-state index is 12.2. The van der Waals surface area contributed by atoms with Gasteiger partial charge in [-0.05, 0) is 43.4 Å². The van der Waals surface area contributed by atoms with Crippen LogP contribution in [0.25, 0.3) is 11.0 Å². The monoisotopic (exact) mass is 307 g/mol. The molecule has 0 atom stereocenters. The van der Waals surface area contributed by atoms with E-state index in [1.165, 1.54) is 0 Å². The highest BCUT2D eigenvalue weighted by molar-refractivity contribution is 6.17. The Bertz CT molecular complexity index is 631.